The topological polar surface area (TPSA) is 105 Å². The zero-order valence-corrected chi connectivity index (χ0v) is 19.8. The number of carboxylic acids is 1. The molecule has 4 rings (SSSR count). The maximum atomic E-state index is 12.4. The van der Waals surface area contributed by atoms with Gasteiger partial charge in [-0.15, -0.1) is 0 Å². The van der Waals surface area contributed by atoms with E-state index < -0.39 is 17.7 Å². The number of nitrogens with one attached hydrogen (secondary N) is 1. The molecule has 0 aromatic heterocycles. The molecular formula is C25H28N2O6S. The van der Waals surface area contributed by atoms with Crippen molar-refractivity contribution in [3.05, 3.63) is 59.7 Å². The van der Waals surface area contributed by atoms with Crippen LogP contribution in [0.2, 0.25) is 0 Å². The summed E-state index contributed by atoms with van der Waals surface area (Å²) in [5, 5.41) is 12.1. The maximum absolute atomic E-state index is 12.4. The minimum Gasteiger partial charge on any atom is -0.479 e. The second-order valence-corrected chi connectivity index (χ2v) is 9.48. The number of likely N-dealkylation sites (tertiary alicyclic amines) is 1. The summed E-state index contributed by atoms with van der Waals surface area (Å²) in [6, 6.07) is 16.3. The molecule has 1 fully saturated rings. The Bertz CT molecular complexity index is 1030. The van der Waals surface area contributed by atoms with E-state index in [0.717, 1.165) is 11.1 Å². The summed E-state index contributed by atoms with van der Waals surface area (Å²) in [5.41, 5.74) is 3.36. The fraction of sp³-hybridized carbons (Fsp3) is 0.400. The van der Waals surface area contributed by atoms with Crippen molar-refractivity contribution in [1.29, 1.82) is 0 Å². The van der Waals surface area contributed by atoms with Crippen LogP contribution in [0.5, 0.6) is 0 Å². The van der Waals surface area contributed by atoms with Crippen molar-refractivity contribution in [3.63, 3.8) is 0 Å². The van der Waals surface area contributed by atoms with Crippen molar-refractivity contribution in [2.45, 2.75) is 17.9 Å². The average Bonchev–Trinajstić information content (AvgIpc) is 3.43. The van der Waals surface area contributed by atoms with E-state index in [1.54, 1.807) is 0 Å². The molecule has 0 radical (unpaired) electrons. The van der Waals surface area contributed by atoms with Gasteiger partial charge >= 0.3 is 12.1 Å². The number of rotatable bonds is 9. The van der Waals surface area contributed by atoms with Gasteiger partial charge in [0, 0.05) is 38.3 Å². The molecule has 0 saturated carbocycles. The van der Waals surface area contributed by atoms with Gasteiger partial charge in [-0.05, 0) is 22.3 Å². The number of amides is 2. The Kier molecular flexibility index (Phi) is 7.43. The smallest absolute Gasteiger partial charge is 0.407 e. The molecule has 1 unspecified atom stereocenters. The average molecular weight is 485 g/mol. The molecule has 1 heterocycles. The molecule has 9 heteroatoms. The lowest BCUT2D eigenvalue weighted by Crippen LogP contribution is -2.44. The molecule has 34 heavy (non-hydrogen) atoms. The number of hydrogen-bond donors (Lipinski definition) is 2. The van der Waals surface area contributed by atoms with Crippen molar-refractivity contribution in [3.8, 4) is 11.1 Å². The van der Waals surface area contributed by atoms with E-state index in [2.05, 4.69) is 29.6 Å². The molecule has 2 N–H and O–H groups in total. The highest BCUT2D eigenvalue weighted by Crippen LogP contribution is 2.44. The second kappa shape index (κ2) is 10.5. The molecule has 1 aliphatic carbocycles. The van der Waals surface area contributed by atoms with Gasteiger partial charge in [0.25, 0.3) is 0 Å². The van der Waals surface area contributed by atoms with Gasteiger partial charge in [0.05, 0.1) is 12.3 Å². The third kappa shape index (κ3) is 4.90. The third-order valence-electron chi connectivity index (χ3n) is 6.45. The van der Waals surface area contributed by atoms with E-state index in [1.807, 2.05) is 24.3 Å². The normalized spacial score (nSPS) is 18.9. The molecule has 2 amide bonds. The van der Waals surface area contributed by atoms with Crippen molar-refractivity contribution < 1.29 is 29.0 Å². The number of thioether (sulfide) groups is 1. The van der Waals surface area contributed by atoms with Crippen LogP contribution in [0.25, 0.3) is 11.1 Å². The molecule has 1 atom stereocenters. The van der Waals surface area contributed by atoms with Gasteiger partial charge in [-0.25, -0.2) is 9.59 Å². The minimum absolute atomic E-state index is 0.00984. The van der Waals surface area contributed by atoms with Gasteiger partial charge in [0.1, 0.15) is 6.61 Å². The van der Waals surface area contributed by atoms with Crippen LogP contribution in [-0.2, 0) is 19.1 Å². The van der Waals surface area contributed by atoms with Gasteiger partial charge in [0.15, 0.2) is 5.60 Å². The first-order chi connectivity index (χ1) is 16.4. The Morgan fingerprint density at radius 2 is 1.76 bits per heavy atom. The molecule has 1 aliphatic heterocycles. The molecule has 8 nitrogen and oxygen atoms in total. The summed E-state index contributed by atoms with van der Waals surface area (Å²) < 4.78 is 10.6. The molecule has 1 saturated heterocycles. The van der Waals surface area contributed by atoms with E-state index >= 15 is 0 Å². The highest BCUT2D eigenvalue weighted by molar-refractivity contribution is 7.99. The second-order valence-electron chi connectivity index (χ2n) is 8.37. The quantitative estimate of drug-likeness (QED) is 0.527. The molecule has 2 aliphatic rings. The molecule has 180 valence electrons. The lowest BCUT2D eigenvalue weighted by atomic mass is 9.98. The van der Waals surface area contributed by atoms with E-state index in [9.17, 15) is 19.5 Å². The number of benzene rings is 2. The lowest BCUT2D eigenvalue weighted by molar-refractivity contribution is -0.160. The summed E-state index contributed by atoms with van der Waals surface area (Å²) in [6.45, 7) is 1.03. The monoisotopic (exact) mass is 484 g/mol. The molecule has 2 aromatic rings. The van der Waals surface area contributed by atoms with Crippen LogP contribution in [0.1, 0.15) is 23.5 Å². The number of nitrogens with zero attached hydrogens (tertiary/aromatic N) is 1. The lowest BCUT2D eigenvalue weighted by Gasteiger charge is -2.23. The molecular weight excluding hydrogens is 456 g/mol. The predicted molar refractivity (Wildman–Crippen MR) is 129 cm³/mol. The van der Waals surface area contributed by atoms with Crippen LogP contribution in [0.15, 0.2) is 48.5 Å². The third-order valence-corrected chi connectivity index (χ3v) is 7.39. The summed E-state index contributed by atoms with van der Waals surface area (Å²) >= 11 is 1.38. The van der Waals surface area contributed by atoms with Gasteiger partial charge in [0.2, 0.25) is 5.91 Å². The Balaban J connectivity index is 1.17. The van der Waals surface area contributed by atoms with Crippen molar-refractivity contribution in [1.82, 2.24) is 10.2 Å². The van der Waals surface area contributed by atoms with Crippen LogP contribution in [0, 0.1) is 0 Å². The fourth-order valence-electron chi connectivity index (χ4n) is 4.55. The number of aliphatic carboxylic acids is 1. The molecule has 0 spiro atoms. The molecule has 2 aromatic carbocycles. The number of ether oxygens (including phenoxy) is 2. The van der Waals surface area contributed by atoms with E-state index in [0.29, 0.717) is 18.8 Å². The number of fused-ring (bicyclic) bond motifs is 3. The van der Waals surface area contributed by atoms with E-state index in [-0.39, 0.29) is 37.2 Å². The Morgan fingerprint density at radius 3 is 2.35 bits per heavy atom. The van der Waals surface area contributed by atoms with E-state index in [1.165, 1.54) is 34.9 Å². The zero-order valence-electron chi connectivity index (χ0n) is 19.0. The first-order valence-electron chi connectivity index (χ1n) is 11.2. The predicted octanol–water partition coefficient (Wildman–Crippen LogP) is 2.96. The maximum Gasteiger partial charge on any atom is 0.407 e. The fourth-order valence-corrected chi connectivity index (χ4v) is 5.30. The van der Waals surface area contributed by atoms with Gasteiger partial charge in [-0.2, -0.15) is 11.8 Å². The van der Waals surface area contributed by atoms with Crippen molar-refractivity contribution in [2.24, 2.45) is 0 Å². The van der Waals surface area contributed by atoms with Crippen molar-refractivity contribution in [2.75, 3.05) is 44.9 Å². The minimum atomic E-state index is -1.31. The molecule has 0 bridgehead atoms. The summed E-state index contributed by atoms with van der Waals surface area (Å²) in [7, 11) is 1.35. The standard InChI is InChI=1S/C25H28N2O6S/c1-32-25(23(29)30)10-12-27(16-25)22(28)15-34-13-11-26-24(31)33-14-21-19-8-4-2-6-17(19)18-7-3-5-9-20(18)21/h2-9,21H,10-16H2,1H3,(H,26,31)(H,29,30). The first-order valence-corrected chi connectivity index (χ1v) is 12.3. The van der Waals surface area contributed by atoms with Crippen LogP contribution < -0.4 is 5.32 Å². The Labute approximate surface area is 202 Å². The number of alkyl carbamates (subject to hydrolysis) is 1. The summed E-state index contributed by atoms with van der Waals surface area (Å²) in [5.74, 6) is -0.420. The van der Waals surface area contributed by atoms with E-state index in [4.69, 9.17) is 9.47 Å². The number of carbonyl (C=O) groups is 3. The van der Waals surface area contributed by atoms with Crippen LogP contribution in [-0.4, -0.2) is 78.4 Å². The Morgan fingerprint density at radius 1 is 1.12 bits per heavy atom. The number of methoxy groups -OCH3 is 1. The summed E-state index contributed by atoms with van der Waals surface area (Å²) in [6.07, 6.45) is -0.210. The zero-order chi connectivity index (χ0) is 24.1. The van der Waals surface area contributed by atoms with Gasteiger partial charge in [-0.1, -0.05) is 48.5 Å². The number of carbonyl (C=O) groups excluding carboxylic acids is 2. The van der Waals surface area contributed by atoms with Gasteiger partial charge < -0.3 is 24.8 Å². The van der Waals surface area contributed by atoms with Crippen LogP contribution in [0.3, 0.4) is 0 Å². The number of carboxylic acid groups (broad SMARTS) is 1. The SMILES string of the molecule is COC1(C(=O)O)CCN(C(=O)CSCCNC(=O)OCC2c3ccccc3-c3ccccc32)C1. The Hall–Kier alpha value is -3.04. The first kappa shape index (κ1) is 24.1. The highest BCUT2D eigenvalue weighted by atomic mass is 32.2. The largest absolute Gasteiger partial charge is 0.479 e. The van der Waals surface area contributed by atoms with Gasteiger partial charge in [-0.3, -0.25) is 4.79 Å². The van der Waals surface area contributed by atoms with Crippen LogP contribution >= 0.6 is 11.8 Å². The number of hydrogen-bond acceptors (Lipinski definition) is 6. The van der Waals surface area contributed by atoms with Crippen molar-refractivity contribution >= 4 is 29.7 Å². The highest BCUT2D eigenvalue weighted by Gasteiger charge is 2.46. The summed E-state index contributed by atoms with van der Waals surface area (Å²) in [4.78, 5) is 37.5. The van der Waals surface area contributed by atoms with Crippen LogP contribution in [0.4, 0.5) is 4.79 Å².